The van der Waals surface area contributed by atoms with Gasteiger partial charge >= 0.3 is 6.36 Å². The number of aromatic nitrogens is 2. The predicted octanol–water partition coefficient (Wildman–Crippen LogP) is 5.57. The van der Waals surface area contributed by atoms with Crippen LogP contribution in [0.25, 0.3) is 22.5 Å². The summed E-state index contributed by atoms with van der Waals surface area (Å²) in [5.41, 5.74) is -1.14. The maximum atomic E-state index is 14.3. The molecular weight excluding hydrogens is 469 g/mol. The van der Waals surface area contributed by atoms with Gasteiger partial charge in [-0.05, 0) is 30.7 Å². The Morgan fingerprint density at radius 2 is 1.62 bits per heavy atom. The van der Waals surface area contributed by atoms with Crippen molar-refractivity contribution in [2.45, 2.75) is 24.6 Å². The number of nitrogens with zero attached hydrogens (tertiary/aromatic N) is 1. The standard InChI is InChI=1S/C19H13F7N2O3S/c1-8-3-4-9(7-13(8)31-19(24,25)26)14-15(28-18(27-14)17(22)23)10-5-11(20)16(12(21)6-10)32(2,29)30/h3-7,17H,1-2H3,(H,27,28). The third kappa shape index (κ3) is 4.87. The molecule has 0 atom stereocenters. The maximum absolute atomic E-state index is 14.3. The van der Waals surface area contributed by atoms with Crippen LogP contribution in [-0.2, 0) is 9.84 Å². The summed E-state index contributed by atoms with van der Waals surface area (Å²) in [5.74, 6) is -4.51. The van der Waals surface area contributed by atoms with Gasteiger partial charge in [-0.25, -0.2) is 31.0 Å². The normalized spacial score (nSPS) is 12.4. The largest absolute Gasteiger partial charge is 0.573 e. The van der Waals surface area contributed by atoms with Crippen molar-refractivity contribution in [3.63, 3.8) is 0 Å². The Kier molecular flexibility index (Phi) is 5.98. The number of hydrogen-bond donors (Lipinski definition) is 1. The van der Waals surface area contributed by atoms with E-state index in [9.17, 15) is 39.2 Å². The highest BCUT2D eigenvalue weighted by Crippen LogP contribution is 2.37. The molecule has 0 radical (unpaired) electrons. The Morgan fingerprint density at radius 3 is 2.12 bits per heavy atom. The van der Waals surface area contributed by atoms with Crippen LogP contribution in [0, 0.1) is 18.6 Å². The van der Waals surface area contributed by atoms with Crippen LogP contribution < -0.4 is 4.74 Å². The van der Waals surface area contributed by atoms with Gasteiger partial charge in [-0.15, -0.1) is 13.2 Å². The molecule has 3 rings (SSSR count). The topological polar surface area (TPSA) is 72.0 Å². The first kappa shape index (κ1) is 23.6. The number of nitrogens with one attached hydrogen (secondary N) is 1. The van der Waals surface area contributed by atoms with E-state index in [-0.39, 0.29) is 16.8 Å². The molecule has 1 heterocycles. The number of aryl methyl sites for hydroxylation is 1. The second kappa shape index (κ2) is 8.11. The summed E-state index contributed by atoms with van der Waals surface area (Å²) in [7, 11) is -4.28. The van der Waals surface area contributed by atoms with E-state index >= 15 is 0 Å². The first-order chi connectivity index (χ1) is 14.7. The number of benzene rings is 2. The van der Waals surface area contributed by atoms with Crippen LogP contribution in [0.1, 0.15) is 17.8 Å². The molecular formula is C19H13F7N2O3S. The van der Waals surface area contributed by atoms with Crippen molar-refractivity contribution >= 4 is 9.84 Å². The van der Waals surface area contributed by atoms with Crippen LogP contribution in [-0.4, -0.2) is 31.0 Å². The van der Waals surface area contributed by atoms with Crippen molar-refractivity contribution in [1.82, 2.24) is 9.97 Å². The summed E-state index contributed by atoms with van der Waals surface area (Å²) >= 11 is 0. The summed E-state index contributed by atoms with van der Waals surface area (Å²) in [5, 5.41) is 0. The number of ether oxygens (including phenoxy) is 1. The van der Waals surface area contributed by atoms with E-state index in [2.05, 4.69) is 14.7 Å². The van der Waals surface area contributed by atoms with Crippen LogP contribution in [0.3, 0.4) is 0 Å². The lowest BCUT2D eigenvalue weighted by Gasteiger charge is -2.13. The number of sulfone groups is 1. The minimum absolute atomic E-state index is 0.0795. The van der Waals surface area contributed by atoms with E-state index in [1.54, 1.807) is 0 Å². The molecule has 0 aliphatic heterocycles. The Bertz CT molecular complexity index is 1260. The van der Waals surface area contributed by atoms with Crippen LogP contribution >= 0.6 is 0 Å². The molecule has 172 valence electrons. The number of rotatable bonds is 5. The molecule has 0 unspecified atom stereocenters. The average Bonchev–Trinajstić information content (AvgIpc) is 3.06. The van der Waals surface area contributed by atoms with Crippen molar-refractivity contribution in [1.29, 1.82) is 0 Å². The molecule has 0 amide bonds. The zero-order valence-corrected chi connectivity index (χ0v) is 17.0. The first-order valence-corrected chi connectivity index (χ1v) is 10.5. The fourth-order valence-corrected chi connectivity index (χ4v) is 3.78. The molecule has 13 heteroatoms. The van der Waals surface area contributed by atoms with Gasteiger partial charge in [-0.3, -0.25) is 0 Å². The second-order valence-corrected chi connectivity index (χ2v) is 8.67. The number of H-pyrrole nitrogens is 1. The van der Waals surface area contributed by atoms with Crippen molar-refractivity contribution in [2.75, 3.05) is 6.26 Å². The first-order valence-electron chi connectivity index (χ1n) is 8.61. The van der Waals surface area contributed by atoms with Crippen LogP contribution in [0.5, 0.6) is 5.75 Å². The lowest BCUT2D eigenvalue weighted by molar-refractivity contribution is -0.274. The molecule has 0 saturated heterocycles. The van der Waals surface area contributed by atoms with Gasteiger partial charge in [0.1, 0.15) is 22.3 Å². The quantitative estimate of drug-likeness (QED) is 0.483. The Hall–Kier alpha value is -3.09. The SMILES string of the molecule is Cc1ccc(-c2[nH]c(C(F)F)nc2-c2cc(F)c(S(C)(=O)=O)c(F)c2)cc1OC(F)(F)F. The summed E-state index contributed by atoms with van der Waals surface area (Å²) in [6.07, 6.45) is -7.59. The van der Waals surface area contributed by atoms with Gasteiger partial charge in [0.25, 0.3) is 6.43 Å². The van der Waals surface area contributed by atoms with Crippen molar-refractivity contribution < 1.29 is 43.9 Å². The van der Waals surface area contributed by atoms with E-state index in [1.807, 2.05) is 0 Å². The van der Waals surface area contributed by atoms with E-state index in [0.29, 0.717) is 18.4 Å². The molecule has 0 bridgehead atoms. The minimum Gasteiger partial charge on any atom is -0.405 e. The van der Waals surface area contributed by atoms with E-state index in [0.717, 1.165) is 6.07 Å². The highest BCUT2D eigenvalue weighted by molar-refractivity contribution is 7.90. The second-order valence-electron chi connectivity index (χ2n) is 6.72. The van der Waals surface area contributed by atoms with Gasteiger partial charge in [0, 0.05) is 17.4 Å². The van der Waals surface area contributed by atoms with Gasteiger partial charge in [0.15, 0.2) is 15.7 Å². The molecule has 5 nitrogen and oxygen atoms in total. The lowest BCUT2D eigenvalue weighted by atomic mass is 10.0. The smallest absolute Gasteiger partial charge is 0.405 e. The Morgan fingerprint density at radius 1 is 1.03 bits per heavy atom. The summed E-state index contributed by atoms with van der Waals surface area (Å²) in [6.45, 7) is 1.32. The van der Waals surface area contributed by atoms with Crippen molar-refractivity contribution in [3.05, 3.63) is 53.4 Å². The monoisotopic (exact) mass is 482 g/mol. The highest BCUT2D eigenvalue weighted by atomic mass is 32.2. The summed E-state index contributed by atoms with van der Waals surface area (Å²) in [4.78, 5) is 4.62. The van der Waals surface area contributed by atoms with E-state index < -0.39 is 62.0 Å². The number of imidazole rings is 1. The van der Waals surface area contributed by atoms with E-state index in [4.69, 9.17) is 0 Å². The molecule has 0 fully saturated rings. The van der Waals surface area contributed by atoms with Crippen molar-refractivity contribution in [2.24, 2.45) is 0 Å². The number of hydrogen-bond acceptors (Lipinski definition) is 4. The molecule has 2 aromatic carbocycles. The molecule has 1 aromatic heterocycles. The molecule has 1 N–H and O–H groups in total. The zero-order chi connectivity index (χ0) is 24.0. The van der Waals surface area contributed by atoms with E-state index in [1.165, 1.54) is 19.1 Å². The van der Waals surface area contributed by atoms with Crippen LogP contribution in [0.4, 0.5) is 30.7 Å². The van der Waals surface area contributed by atoms with Gasteiger partial charge < -0.3 is 9.72 Å². The van der Waals surface area contributed by atoms with Crippen molar-refractivity contribution in [3.8, 4) is 28.3 Å². The molecule has 3 aromatic rings. The van der Waals surface area contributed by atoms with Crippen LogP contribution in [0.2, 0.25) is 0 Å². The summed E-state index contributed by atoms with van der Waals surface area (Å²) in [6, 6.07) is 4.54. The fraction of sp³-hybridized carbons (Fsp3) is 0.211. The maximum Gasteiger partial charge on any atom is 0.573 e. The van der Waals surface area contributed by atoms with Gasteiger partial charge in [-0.2, -0.15) is 0 Å². The highest BCUT2D eigenvalue weighted by Gasteiger charge is 2.32. The van der Waals surface area contributed by atoms with Crippen LogP contribution in [0.15, 0.2) is 35.2 Å². The zero-order valence-electron chi connectivity index (χ0n) is 16.2. The third-order valence-electron chi connectivity index (χ3n) is 4.27. The fourth-order valence-electron chi connectivity index (χ4n) is 2.95. The molecule has 0 saturated carbocycles. The molecule has 0 aliphatic rings. The third-order valence-corrected chi connectivity index (χ3v) is 5.41. The lowest BCUT2D eigenvalue weighted by Crippen LogP contribution is -2.17. The Labute approximate surface area is 176 Å². The average molecular weight is 482 g/mol. The molecule has 0 spiro atoms. The Balaban J connectivity index is 2.22. The molecule has 32 heavy (non-hydrogen) atoms. The van der Waals surface area contributed by atoms with Gasteiger partial charge in [0.05, 0.1) is 11.4 Å². The number of alkyl halides is 5. The van der Waals surface area contributed by atoms with Gasteiger partial charge in [-0.1, -0.05) is 12.1 Å². The summed E-state index contributed by atoms with van der Waals surface area (Å²) < 4.78 is 120. The van der Waals surface area contributed by atoms with Gasteiger partial charge in [0.2, 0.25) is 0 Å². The number of halogens is 7. The minimum atomic E-state index is -5.03. The number of aromatic amines is 1. The molecule has 0 aliphatic carbocycles. The predicted molar refractivity (Wildman–Crippen MR) is 98.9 cm³/mol.